The summed E-state index contributed by atoms with van der Waals surface area (Å²) in [6, 6.07) is 8.56. The molecule has 0 saturated carbocycles. The van der Waals surface area contributed by atoms with Gasteiger partial charge in [-0.1, -0.05) is 17.7 Å². The van der Waals surface area contributed by atoms with Crippen LogP contribution in [0.25, 0.3) is 11.8 Å². The molecule has 3 aromatic rings. The molecular weight excluding hydrogens is 458 g/mol. The second-order valence-corrected chi connectivity index (χ2v) is 7.61. The number of nitrogens with one attached hydrogen (secondary N) is 2. The molecule has 1 aliphatic rings. The maximum Gasteiger partial charge on any atom is 0.329 e. The molecule has 0 radical (unpaired) electrons. The smallest absolute Gasteiger partial charge is 0.329 e. The Balaban J connectivity index is 1.68. The highest BCUT2D eigenvalue weighted by Gasteiger charge is 2.34. The van der Waals surface area contributed by atoms with Gasteiger partial charge in [-0.2, -0.15) is 0 Å². The van der Waals surface area contributed by atoms with Crippen molar-refractivity contribution < 1.29 is 23.1 Å². The molecule has 2 aromatic carbocycles. The number of carbonyl (C=O) groups excluding carboxylic acids is 2. The first-order valence-electron chi connectivity index (χ1n) is 9.65. The van der Waals surface area contributed by atoms with Crippen molar-refractivity contribution in [1.82, 2.24) is 20.0 Å². The first kappa shape index (κ1) is 22.4. The molecule has 4 rings (SSSR count). The molecule has 33 heavy (non-hydrogen) atoms. The fraction of sp³-hybridized carbons (Fsp3) is 0.136. The fourth-order valence-corrected chi connectivity index (χ4v) is 3.48. The summed E-state index contributed by atoms with van der Waals surface area (Å²) in [4.78, 5) is 39.0. The molecule has 0 atom stereocenters. The van der Waals surface area contributed by atoms with E-state index in [1.165, 1.54) is 17.9 Å². The number of methoxy groups -OCH3 is 1. The molecule has 8 nitrogen and oxygen atoms in total. The summed E-state index contributed by atoms with van der Waals surface area (Å²) in [7, 11) is 1.44. The number of ether oxygens (including phenoxy) is 1. The Morgan fingerprint density at radius 1 is 1.09 bits per heavy atom. The SMILES string of the molecule is COCc1[nH]n(-c2ccc(Cl)cc2)c(=O)c1/C=C1\NC(=O)N(Cc2ccc(F)cc2F)C1=O. The van der Waals surface area contributed by atoms with Gasteiger partial charge in [-0.05, 0) is 36.4 Å². The van der Waals surface area contributed by atoms with Crippen LogP contribution in [-0.2, 0) is 22.7 Å². The van der Waals surface area contributed by atoms with E-state index < -0.39 is 35.7 Å². The van der Waals surface area contributed by atoms with Crippen LogP contribution in [0.4, 0.5) is 13.6 Å². The Labute approximate surface area is 191 Å². The summed E-state index contributed by atoms with van der Waals surface area (Å²) in [5.74, 6) is -2.42. The third-order valence-electron chi connectivity index (χ3n) is 4.97. The zero-order valence-electron chi connectivity index (χ0n) is 17.2. The number of hydrogen-bond acceptors (Lipinski definition) is 4. The van der Waals surface area contributed by atoms with Crippen molar-refractivity contribution >= 4 is 29.6 Å². The highest BCUT2D eigenvalue weighted by Crippen LogP contribution is 2.20. The summed E-state index contributed by atoms with van der Waals surface area (Å²) >= 11 is 5.91. The third-order valence-corrected chi connectivity index (χ3v) is 5.23. The summed E-state index contributed by atoms with van der Waals surface area (Å²) in [5.41, 5.74) is 0.288. The van der Waals surface area contributed by atoms with Crippen LogP contribution in [0.2, 0.25) is 5.02 Å². The topological polar surface area (TPSA) is 96.4 Å². The van der Waals surface area contributed by atoms with Crippen molar-refractivity contribution in [1.29, 1.82) is 0 Å². The van der Waals surface area contributed by atoms with Gasteiger partial charge in [0.25, 0.3) is 11.5 Å². The van der Waals surface area contributed by atoms with E-state index in [9.17, 15) is 23.2 Å². The lowest BCUT2D eigenvalue weighted by molar-refractivity contribution is -0.123. The molecule has 1 fully saturated rings. The van der Waals surface area contributed by atoms with Gasteiger partial charge in [-0.3, -0.25) is 19.6 Å². The van der Waals surface area contributed by atoms with Gasteiger partial charge in [0.2, 0.25) is 0 Å². The van der Waals surface area contributed by atoms with E-state index in [0.717, 1.165) is 17.0 Å². The van der Waals surface area contributed by atoms with Gasteiger partial charge < -0.3 is 10.1 Å². The maximum atomic E-state index is 14.0. The van der Waals surface area contributed by atoms with Crippen LogP contribution in [-0.4, -0.2) is 33.7 Å². The van der Waals surface area contributed by atoms with E-state index in [0.29, 0.717) is 22.5 Å². The highest BCUT2D eigenvalue weighted by molar-refractivity contribution is 6.30. The zero-order chi connectivity index (χ0) is 23.7. The minimum atomic E-state index is -0.883. The normalized spacial score (nSPS) is 14.9. The molecule has 3 amide bonds. The molecular formula is C22H17ClF2N4O4. The number of H-pyrrole nitrogens is 1. The largest absolute Gasteiger partial charge is 0.378 e. The number of nitrogens with zero attached hydrogens (tertiary/aromatic N) is 2. The monoisotopic (exact) mass is 474 g/mol. The van der Waals surface area contributed by atoms with Crippen LogP contribution < -0.4 is 10.9 Å². The van der Waals surface area contributed by atoms with Crippen molar-refractivity contribution in [2.24, 2.45) is 0 Å². The zero-order valence-corrected chi connectivity index (χ0v) is 18.0. The Kier molecular flexibility index (Phi) is 6.12. The van der Waals surface area contributed by atoms with Crippen molar-refractivity contribution in [3.63, 3.8) is 0 Å². The van der Waals surface area contributed by atoms with Crippen molar-refractivity contribution in [3.8, 4) is 5.69 Å². The standard InChI is InChI=1S/C22H17ClF2N4O4/c1-33-11-19-16(20(30)29(27-19)15-6-3-13(23)4-7-15)9-18-21(31)28(22(32)26-18)10-12-2-5-14(24)8-17(12)25/h2-9,27H,10-11H2,1H3,(H,26,32)/b18-9-. The maximum absolute atomic E-state index is 14.0. The lowest BCUT2D eigenvalue weighted by Crippen LogP contribution is -2.30. The van der Waals surface area contributed by atoms with Crippen LogP contribution in [0.3, 0.4) is 0 Å². The van der Waals surface area contributed by atoms with E-state index in [2.05, 4.69) is 10.4 Å². The second-order valence-electron chi connectivity index (χ2n) is 7.17. The van der Waals surface area contributed by atoms with Crippen LogP contribution >= 0.6 is 11.6 Å². The van der Waals surface area contributed by atoms with Gasteiger partial charge in [0.1, 0.15) is 17.3 Å². The van der Waals surface area contributed by atoms with Gasteiger partial charge in [0, 0.05) is 23.8 Å². The molecule has 2 N–H and O–H groups in total. The molecule has 0 aliphatic carbocycles. The van der Waals surface area contributed by atoms with Gasteiger partial charge in [0.15, 0.2) is 0 Å². The van der Waals surface area contributed by atoms with E-state index in [4.69, 9.17) is 16.3 Å². The first-order valence-corrected chi connectivity index (χ1v) is 10.0. The average molecular weight is 475 g/mol. The highest BCUT2D eigenvalue weighted by atomic mass is 35.5. The van der Waals surface area contributed by atoms with Gasteiger partial charge in [0.05, 0.1) is 30.1 Å². The number of imide groups is 1. The van der Waals surface area contributed by atoms with Crippen molar-refractivity contribution in [2.45, 2.75) is 13.2 Å². The van der Waals surface area contributed by atoms with Crippen molar-refractivity contribution in [3.05, 3.63) is 92.0 Å². The number of rotatable bonds is 6. The van der Waals surface area contributed by atoms with E-state index in [-0.39, 0.29) is 23.4 Å². The minimum Gasteiger partial charge on any atom is -0.378 e. The lowest BCUT2D eigenvalue weighted by atomic mass is 10.2. The van der Waals surface area contributed by atoms with Crippen LogP contribution in [0.5, 0.6) is 0 Å². The third kappa shape index (κ3) is 4.43. The quantitative estimate of drug-likeness (QED) is 0.423. The molecule has 170 valence electrons. The van der Waals surface area contributed by atoms with E-state index in [1.807, 2.05) is 0 Å². The number of aromatic nitrogens is 2. The first-order chi connectivity index (χ1) is 15.8. The summed E-state index contributed by atoms with van der Waals surface area (Å²) < 4.78 is 33.5. The second kappa shape index (κ2) is 9.00. The van der Waals surface area contributed by atoms with Crippen molar-refractivity contribution in [2.75, 3.05) is 7.11 Å². The molecule has 1 aliphatic heterocycles. The number of amides is 3. The Morgan fingerprint density at radius 2 is 1.82 bits per heavy atom. The predicted molar refractivity (Wildman–Crippen MR) is 116 cm³/mol. The number of carbonyl (C=O) groups is 2. The lowest BCUT2D eigenvalue weighted by Gasteiger charge is -2.12. The molecule has 11 heteroatoms. The molecule has 0 bridgehead atoms. The Morgan fingerprint density at radius 3 is 2.48 bits per heavy atom. The number of hydrogen-bond donors (Lipinski definition) is 2. The fourth-order valence-electron chi connectivity index (χ4n) is 3.35. The minimum absolute atomic E-state index is 0.0294. The van der Waals surface area contributed by atoms with Gasteiger partial charge >= 0.3 is 6.03 Å². The number of halogens is 3. The van der Waals surface area contributed by atoms with Crippen LogP contribution in [0.1, 0.15) is 16.8 Å². The van der Waals surface area contributed by atoms with E-state index in [1.54, 1.807) is 24.3 Å². The van der Waals surface area contributed by atoms with Crippen LogP contribution in [0, 0.1) is 11.6 Å². The van der Waals surface area contributed by atoms with Crippen LogP contribution in [0.15, 0.2) is 53.0 Å². The number of aromatic amines is 1. The summed E-state index contributed by atoms with van der Waals surface area (Å²) in [6.07, 6.45) is 1.24. The number of urea groups is 1. The average Bonchev–Trinajstić information content (AvgIpc) is 3.22. The Hall–Kier alpha value is -3.76. The summed E-state index contributed by atoms with van der Waals surface area (Å²) in [5, 5.41) is 5.80. The predicted octanol–water partition coefficient (Wildman–Crippen LogP) is 3.34. The molecule has 1 aromatic heterocycles. The van der Waals surface area contributed by atoms with Gasteiger partial charge in [-0.15, -0.1) is 0 Å². The molecule has 0 spiro atoms. The van der Waals surface area contributed by atoms with Gasteiger partial charge in [-0.25, -0.2) is 18.3 Å². The Bertz CT molecular complexity index is 1330. The molecule has 2 heterocycles. The molecule has 0 unspecified atom stereocenters. The molecule has 1 saturated heterocycles. The number of benzene rings is 2. The summed E-state index contributed by atoms with van der Waals surface area (Å²) in [6.45, 7) is -0.372. The van der Waals surface area contributed by atoms with E-state index >= 15 is 0 Å².